The molecule has 0 bridgehead atoms. The average Bonchev–Trinajstić information content (AvgIpc) is 3.23. The van der Waals surface area contributed by atoms with Crippen LogP contribution in [0.15, 0.2) is 97.2 Å². The van der Waals surface area contributed by atoms with Gasteiger partial charge in [-0.25, -0.2) is 0 Å². The highest BCUT2D eigenvalue weighted by Gasteiger charge is 2.25. The summed E-state index contributed by atoms with van der Waals surface area (Å²) < 4.78 is 17.2. The number of carboxylic acids is 1. The molecule has 2 unspecified atom stereocenters. The lowest BCUT2D eigenvalue weighted by atomic mass is 10.1. The summed E-state index contributed by atoms with van der Waals surface area (Å²) in [6.45, 7) is 4.37. The van der Waals surface area contributed by atoms with Crippen LogP contribution in [0.1, 0.15) is 174 Å². The molecule has 0 rings (SSSR count). The molecular formula is C54H89NO7. The molecule has 0 radical (unpaired) electrons. The van der Waals surface area contributed by atoms with Crippen molar-refractivity contribution in [1.82, 2.24) is 0 Å². The smallest absolute Gasteiger partial charge is 0.306 e. The topological polar surface area (TPSA) is 102 Å². The molecule has 0 aliphatic rings. The molecule has 62 heavy (non-hydrogen) atoms. The molecule has 8 heteroatoms. The fourth-order valence-electron chi connectivity index (χ4n) is 6.60. The molecule has 0 aliphatic carbocycles. The van der Waals surface area contributed by atoms with Gasteiger partial charge < -0.3 is 28.6 Å². The van der Waals surface area contributed by atoms with E-state index >= 15 is 0 Å². The fourth-order valence-corrected chi connectivity index (χ4v) is 6.60. The SMILES string of the molecule is CC/C=C/C=C/C=C/C=C/CCCCCCCC(=O)OC(COCCC(C(=O)[O-])[N+](C)(C)C)COC(=O)CCCCCCCCCCCC/C=C/C/C=C/C/C=C/C/C=C/CC. The molecule has 8 nitrogen and oxygen atoms in total. The van der Waals surface area contributed by atoms with Crippen molar-refractivity contribution in [3.63, 3.8) is 0 Å². The van der Waals surface area contributed by atoms with Crippen molar-refractivity contribution in [2.45, 2.75) is 187 Å². The second kappa shape index (κ2) is 43.9. The summed E-state index contributed by atoms with van der Waals surface area (Å²) in [6.07, 6.45) is 58.6. The van der Waals surface area contributed by atoms with Crippen LogP contribution >= 0.6 is 0 Å². The van der Waals surface area contributed by atoms with E-state index in [1.54, 1.807) is 21.1 Å². The number of aliphatic carboxylic acids is 1. The molecule has 352 valence electrons. The minimum absolute atomic E-state index is 0.0239. The Bertz CT molecular complexity index is 1330. The number of esters is 2. The van der Waals surface area contributed by atoms with E-state index in [2.05, 4.69) is 80.7 Å². The van der Waals surface area contributed by atoms with Gasteiger partial charge in [0.05, 0.1) is 40.3 Å². The van der Waals surface area contributed by atoms with Crippen molar-refractivity contribution in [1.29, 1.82) is 0 Å². The van der Waals surface area contributed by atoms with Crippen LogP contribution in [0, 0.1) is 0 Å². The molecule has 0 fully saturated rings. The van der Waals surface area contributed by atoms with E-state index in [9.17, 15) is 19.5 Å². The number of hydrogen-bond donors (Lipinski definition) is 0. The van der Waals surface area contributed by atoms with Crippen LogP contribution in [0.25, 0.3) is 0 Å². The monoisotopic (exact) mass is 864 g/mol. The molecule has 0 heterocycles. The minimum Gasteiger partial charge on any atom is -0.544 e. The van der Waals surface area contributed by atoms with Gasteiger partial charge in [-0.15, -0.1) is 0 Å². The summed E-state index contributed by atoms with van der Waals surface area (Å²) in [5, 5.41) is 11.6. The maximum atomic E-state index is 12.7. The second-order valence-corrected chi connectivity index (χ2v) is 17.0. The molecule has 0 amide bonds. The van der Waals surface area contributed by atoms with Crippen LogP contribution in [-0.4, -0.2) is 75.5 Å². The first kappa shape index (κ1) is 58.2. The Morgan fingerprint density at radius 2 is 0.935 bits per heavy atom. The number of quaternary nitrogens is 1. The van der Waals surface area contributed by atoms with E-state index in [-0.39, 0.29) is 49.1 Å². The summed E-state index contributed by atoms with van der Waals surface area (Å²) in [5.74, 6) is -1.78. The Morgan fingerprint density at radius 3 is 1.45 bits per heavy atom. The van der Waals surface area contributed by atoms with E-state index in [0.29, 0.717) is 6.42 Å². The van der Waals surface area contributed by atoms with Gasteiger partial charge in [0.15, 0.2) is 6.10 Å². The summed E-state index contributed by atoms with van der Waals surface area (Å²) in [4.78, 5) is 37.0. The van der Waals surface area contributed by atoms with Gasteiger partial charge in [-0.3, -0.25) is 9.59 Å². The van der Waals surface area contributed by atoms with Crippen LogP contribution in [0.4, 0.5) is 0 Å². The highest BCUT2D eigenvalue weighted by molar-refractivity contribution is 5.70. The van der Waals surface area contributed by atoms with Crippen molar-refractivity contribution >= 4 is 17.9 Å². The van der Waals surface area contributed by atoms with Crippen LogP contribution < -0.4 is 5.11 Å². The lowest BCUT2D eigenvalue weighted by molar-refractivity contribution is -0.889. The number of carbonyl (C=O) groups excluding carboxylic acids is 3. The van der Waals surface area contributed by atoms with Gasteiger partial charge in [0, 0.05) is 19.3 Å². The number of carbonyl (C=O) groups is 3. The summed E-state index contributed by atoms with van der Waals surface area (Å²) in [5.41, 5.74) is 0. The lowest BCUT2D eigenvalue weighted by Crippen LogP contribution is -2.55. The molecule has 0 aromatic heterocycles. The largest absolute Gasteiger partial charge is 0.544 e. The number of rotatable bonds is 42. The highest BCUT2D eigenvalue weighted by Crippen LogP contribution is 2.14. The first-order chi connectivity index (χ1) is 30.1. The number of hydrogen-bond acceptors (Lipinski definition) is 7. The number of unbranched alkanes of at least 4 members (excludes halogenated alkanes) is 15. The van der Waals surface area contributed by atoms with E-state index in [1.807, 2.05) is 30.4 Å². The maximum absolute atomic E-state index is 12.7. The summed E-state index contributed by atoms with van der Waals surface area (Å²) >= 11 is 0. The van der Waals surface area contributed by atoms with Crippen molar-refractivity contribution in [3.05, 3.63) is 97.2 Å². The van der Waals surface area contributed by atoms with Gasteiger partial charge in [-0.1, -0.05) is 182 Å². The first-order valence-corrected chi connectivity index (χ1v) is 24.3. The summed E-state index contributed by atoms with van der Waals surface area (Å²) in [6, 6.07) is -0.737. The van der Waals surface area contributed by atoms with Gasteiger partial charge >= 0.3 is 11.9 Å². The Hall–Kier alpha value is -3.75. The van der Waals surface area contributed by atoms with Crippen molar-refractivity contribution in [2.75, 3.05) is 41.0 Å². The zero-order valence-electron chi connectivity index (χ0n) is 40.0. The van der Waals surface area contributed by atoms with Gasteiger partial charge in [0.1, 0.15) is 12.6 Å². The molecule has 0 aromatic carbocycles. The van der Waals surface area contributed by atoms with Gasteiger partial charge in [0.25, 0.3) is 0 Å². The minimum atomic E-state index is -1.13. The molecule has 2 atom stereocenters. The molecule has 0 N–H and O–H groups in total. The van der Waals surface area contributed by atoms with Crippen LogP contribution in [0.5, 0.6) is 0 Å². The van der Waals surface area contributed by atoms with E-state index < -0.39 is 18.1 Å². The third kappa shape index (κ3) is 41.6. The standard InChI is InChI=1S/C54H89NO7/c1-6-8-10-12-14-16-18-20-22-23-24-25-26-27-28-29-31-32-34-36-38-40-42-44-52(56)61-49-50(48-60-47-46-51(54(58)59)55(3,4)5)62-53(57)45-43-41-39-37-35-33-30-21-19-17-15-13-11-9-7-2/h8-11,13-17,19-22,24-25,30,50-51H,6-7,12,18,23,26-29,31-49H2,1-5H3/b10-8+,11-9+,15-13+,16-14+,19-17+,22-20+,25-24+,30-21+. The molecule has 0 saturated carbocycles. The predicted octanol–water partition coefficient (Wildman–Crippen LogP) is 12.5. The van der Waals surface area contributed by atoms with E-state index in [0.717, 1.165) is 89.9 Å². The van der Waals surface area contributed by atoms with Crippen LogP contribution in [0.2, 0.25) is 0 Å². The molecular weight excluding hydrogens is 775 g/mol. The van der Waals surface area contributed by atoms with E-state index in [1.165, 1.54) is 51.4 Å². The van der Waals surface area contributed by atoms with Crippen molar-refractivity contribution in [2.24, 2.45) is 0 Å². The summed E-state index contributed by atoms with van der Waals surface area (Å²) in [7, 11) is 5.39. The van der Waals surface area contributed by atoms with Crippen LogP contribution in [-0.2, 0) is 28.6 Å². The zero-order chi connectivity index (χ0) is 45.6. The Kier molecular flexibility index (Phi) is 41.2. The Morgan fingerprint density at radius 1 is 0.500 bits per heavy atom. The number of ether oxygens (including phenoxy) is 3. The third-order valence-corrected chi connectivity index (χ3v) is 10.3. The lowest BCUT2D eigenvalue weighted by Gasteiger charge is -2.34. The number of carboxylic acid groups (broad SMARTS) is 1. The molecule has 0 saturated heterocycles. The van der Waals surface area contributed by atoms with E-state index in [4.69, 9.17) is 14.2 Å². The first-order valence-electron chi connectivity index (χ1n) is 24.3. The van der Waals surface area contributed by atoms with Crippen molar-refractivity contribution < 1.29 is 38.2 Å². The maximum Gasteiger partial charge on any atom is 0.306 e. The van der Waals surface area contributed by atoms with Crippen molar-refractivity contribution in [3.8, 4) is 0 Å². The van der Waals surface area contributed by atoms with Gasteiger partial charge in [0.2, 0.25) is 0 Å². The zero-order valence-corrected chi connectivity index (χ0v) is 40.0. The second-order valence-electron chi connectivity index (χ2n) is 17.0. The predicted molar refractivity (Wildman–Crippen MR) is 258 cm³/mol. The quantitative estimate of drug-likeness (QED) is 0.0198. The Labute approximate surface area is 379 Å². The molecule has 0 spiro atoms. The van der Waals surface area contributed by atoms with Gasteiger partial charge in [-0.05, 0) is 70.6 Å². The highest BCUT2D eigenvalue weighted by atomic mass is 16.6. The fraction of sp³-hybridized carbons (Fsp3) is 0.648. The number of nitrogens with zero attached hydrogens (tertiary/aromatic N) is 1. The number of likely N-dealkylation sites (N-methyl/N-ethyl adjacent to an activating group) is 1. The third-order valence-electron chi connectivity index (χ3n) is 10.3. The van der Waals surface area contributed by atoms with Gasteiger partial charge in [-0.2, -0.15) is 0 Å². The Balaban J connectivity index is 4.29. The van der Waals surface area contributed by atoms with Crippen LogP contribution in [0.3, 0.4) is 0 Å². The molecule has 0 aliphatic heterocycles. The average molecular weight is 864 g/mol. The molecule has 0 aromatic rings. The normalized spacial score (nSPS) is 13.8. The number of allylic oxidation sites excluding steroid dienone is 16.